The lowest BCUT2D eigenvalue weighted by molar-refractivity contribution is 0.0999. The molecule has 0 aliphatic carbocycles. The Morgan fingerprint density at radius 2 is 1.17 bits per heavy atom. The van der Waals surface area contributed by atoms with Gasteiger partial charge in [0.15, 0.2) is 0 Å². The second-order valence-electron chi connectivity index (χ2n) is 8.18. The van der Waals surface area contributed by atoms with Gasteiger partial charge in [0.2, 0.25) is 0 Å². The summed E-state index contributed by atoms with van der Waals surface area (Å²) in [6.45, 7) is 6.59. The van der Waals surface area contributed by atoms with E-state index in [1.807, 2.05) is 87.5 Å². The van der Waals surface area contributed by atoms with Crippen LogP contribution in [0.25, 0.3) is 21.5 Å². The summed E-state index contributed by atoms with van der Waals surface area (Å²) < 4.78 is 22.0. The molecule has 0 heterocycles. The van der Waals surface area contributed by atoms with Crippen molar-refractivity contribution in [2.75, 3.05) is 13.2 Å². The zero-order valence-corrected chi connectivity index (χ0v) is 21.3. The molecule has 3 aromatic rings. The predicted octanol–water partition coefficient (Wildman–Crippen LogP) is 8.30. The number of benzene rings is 3. The molecule has 0 aliphatic rings. The fraction of sp³-hybridized carbons (Fsp3) is 0.333. The first-order chi connectivity index (χ1) is 17.6. The lowest BCUT2D eigenvalue weighted by Crippen LogP contribution is -2.13. The number of hydrogen-bond acceptors (Lipinski definition) is 6. The van der Waals surface area contributed by atoms with Gasteiger partial charge in [-0.2, -0.15) is 0 Å². The molecule has 190 valence electrons. The quantitative estimate of drug-likeness (QED) is 0.0885. The molecule has 0 spiro atoms. The Balaban J connectivity index is 1.95. The number of hydrogen-bond donors (Lipinski definition) is 0. The SMILES string of the molecule is CC/C=C/CCOC(=O)Oc1c2ccccc2c(OC(=O)OCC/C=C/CC)c2cc(CC)ccc12. The third-order valence-corrected chi connectivity index (χ3v) is 5.58. The van der Waals surface area contributed by atoms with Crippen molar-refractivity contribution >= 4 is 33.9 Å². The Kier molecular flexibility index (Phi) is 10.4. The molecule has 0 atom stereocenters. The molecule has 0 radical (unpaired) electrons. The molecule has 6 heteroatoms. The van der Waals surface area contributed by atoms with Gasteiger partial charge in [0.1, 0.15) is 11.5 Å². The summed E-state index contributed by atoms with van der Waals surface area (Å²) in [4.78, 5) is 25.1. The zero-order valence-electron chi connectivity index (χ0n) is 21.3. The first-order valence-electron chi connectivity index (χ1n) is 12.6. The van der Waals surface area contributed by atoms with Gasteiger partial charge in [-0.3, -0.25) is 0 Å². The normalized spacial score (nSPS) is 11.4. The standard InChI is InChI=1S/C30H34O6/c1-4-7-9-13-19-33-29(31)35-27-23-15-11-12-16-24(23)28(26-21-22(6-3)17-18-25(26)27)36-30(32)34-20-14-10-8-5-2/h7-12,15-18,21H,4-6,13-14,19-20H2,1-3H3/b9-7+,10-8+. The van der Waals surface area contributed by atoms with Gasteiger partial charge < -0.3 is 18.9 Å². The van der Waals surface area contributed by atoms with Gasteiger partial charge >= 0.3 is 12.3 Å². The molecular formula is C30H34O6. The first-order valence-corrected chi connectivity index (χ1v) is 12.6. The lowest BCUT2D eigenvalue weighted by Gasteiger charge is -2.17. The van der Waals surface area contributed by atoms with E-state index in [1.54, 1.807) is 0 Å². The van der Waals surface area contributed by atoms with Gasteiger partial charge in [0.25, 0.3) is 0 Å². The van der Waals surface area contributed by atoms with Crippen molar-refractivity contribution in [3.63, 3.8) is 0 Å². The maximum absolute atomic E-state index is 12.6. The predicted molar refractivity (Wildman–Crippen MR) is 143 cm³/mol. The Hall–Kier alpha value is -3.80. The van der Waals surface area contributed by atoms with Crippen LogP contribution < -0.4 is 9.47 Å². The van der Waals surface area contributed by atoms with Gasteiger partial charge in [-0.15, -0.1) is 0 Å². The van der Waals surface area contributed by atoms with E-state index in [0.717, 1.165) is 24.8 Å². The average Bonchev–Trinajstić information content (AvgIpc) is 2.90. The van der Waals surface area contributed by atoms with E-state index in [9.17, 15) is 9.59 Å². The molecular weight excluding hydrogens is 456 g/mol. The van der Waals surface area contributed by atoms with Crippen molar-refractivity contribution in [3.8, 4) is 11.5 Å². The summed E-state index contributed by atoms with van der Waals surface area (Å²) in [5.41, 5.74) is 1.05. The molecule has 0 bridgehead atoms. The summed E-state index contributed by atoms with van der Waals surface area (Å²) in [6.07, 6.45) is 10.3. The molecule has 0 saturated heterocycles. The monoisotopic (exact) mass is 490 g/mol. The summed E-state index contributed by atoms with van der Waals surface area (Å²) in [5, 5.41) is 2.56. The fourth-order valence-electron chi connectivity index (χ4n) is 3.80. The van der Waals surface area contributed by atoms with E-state index in [2.05, 4.69) is 0 Å². The summed E-state index contributed by atoms with van der Waals surface area (Å²) in [6, 6.07) is 13.1. The van der Waals surface area contributed by atoms with Gasteiger partial charge in [-0.05, 0) is 43.7 Å². The molecule has 36 heavy (non-hydrogen) atoms. The van der Waals surface area contributed by atoms with Gasteiger partial charge in [-0.25, -0.2) is 9.59 Å². The Morgan fingerprint density at radius 3 is 1.67 bits per heavy atom. The minimum Gasteiger partial charge on any atom is -0.434 e. The fourth-order valence-corrected chi connectivity index (χ4v) is 3.80. The number of allylic oxidation sites excluding steroid dienone is 2. The van der Waals surface area contributed by atoms with Gasteiger partial charge in [0, 0.05) is 21.5 Å². The smallest absolute Gasteiger partial charge is 0.434 e. The first kappa shape index (κ1) is 26.8. The van der Waals surface area contributed by atoms with Crippen LogP contribution in [0.1, 0.15) is 52.0 Å². The summed E-state index contributed by atoms with van der Waals surface area (Å²) in [5.74, 6) is 0.734. The van der Waals surface area contributed by atoms with E-state index >= 15 is 0 Å². The van der Waals surface area contributed by atoms with Crippen LogP contribution in [0.5, 0.6) is 11.5 Å². The Morgan fingerprint density at radius 1 is 0.667 bits per heavy atom. The van der Waals surface area contributed by atoms with E-state index in [1.165, 1.54) is 0 Å². The molecule has 0 amide bonds. The number of carbonyl (C=O) groups is 2. The minimum atomic E-state index is -0.779. The van der Waals surface area contributed by atoms with Crippen molar-refractivity contribution in [2.24, 2.45) is 0 Å². The van der Waals surface area contributed by atoms with Crippen LogP contribution in [0.3, 0.4) is 0 Å². The van der Waals surface area contributed by atoms with E-state index in [0.29, 0.717) is 45.9 Å². The third-order valence-electron chi connectivity index (χ3n) is 5.58. The van der Waals surface area contributed by atoms with Crippen LogP contribution >= 0.6 is 0 Å². The number of fused-ring (bicyclic) bond motifs is 2. The molecule has 3 aromatic carbocycles. The van der Waals surface area contributed by atoms with Gasteiger partial charge in [-0.1, -0.05) is 81.5 Å². The van der Waals surface area contributed by atoms with E-state index < -0.39 is 12.3 Å². The van der Waals surface area contributed by atoms with Crippen molar-refractivity contribution in [3.05, 3.63) is 72.3 Å². The van der Waals surface area contributed by atoms with Crippen molar-refractivity contribution in [1.29, 1.82) is 0 Å². The highest BCUT2D eigenvalue weighted by molar-refractivity contribution is 6.12. The van der Waals surface area contributed by atoms with Gasteiger partial charge in [0.05, 0.1) is 13.2 Å². The summed E-state index contributed by atoms with van der Waals surface area (Å²) in [7, 11) is 0. The second kappa shape index (κ2) is 13.9. The van der Waals surface area contributed by atoms with Crippen LogP contribution in [0.2, 0.25) is 0 Å². The number of rotatable bonds is 11. The molecule has 0 unspecified atom stereocenters. The van der Waals surface area contributed by atoms with Crippen LogP contribution in [0.4, 0.5) is 9.59 Å². The van der Waals surface area contributed by atoms with Crippen LogP contribution in [-0.4, -0.2) is 25.5 Å². The molecule has 0 N–H and O–H groups in total. The molecule has 0 fully saturated rings. The largest absolute Gasteiger partial charge is 0.513 e. The average molecular weight is 491 g/mol. The topological polar surface area (TPSA) is 71.1 Å². The maximum Gasteiger partial charge on any atom is 0.513 e. The molecule has 6 nitrogen and oxygen atoms in total. The molecule has 0 aliphatic heterocycles. The van der Waals surface area contributed by atoms with Crippen molar-refractivity contribution in [2.45, 2.75) is 52.9 Å². The van der Waals surface area contributed by atoms with Crippen LogP contribution in [0, 0.1) is 0 Å². The third kappa shape index (κ3) is 7.11. The molecule has 0 aromatic heterocycles. The Labute approximate surface area is 212 Å². The second-order valence-corrected chi connectivity index (χ2v) is 8.18. The zero-order chi connectivity index (χ0) is 25.8. The highest BCUT2D eigenvalue weighted by Gasteiger charge is 2.21. The summed E-state index contributed by atoms with van der Waals surface area (Å²) >= 11 is 0. The van der Waals surface area contributed by atoms with Crippen molar-refractivity contribution in [1.82, 2.24) is 0 Å². The van der Waals surface area contributed by atoms with Crippen LogP contribution in [-0.2, 0) is 15.9 Å². The van der Waals surface area contributed by atoms with E-state index in [-0.39, 0.29) is 13.2 Å². The number of carbonyl (C=O) groups excluding carboxylic acids is 2. The molecule has 3 rings (SSSR count). The highest BCUT2D eigenvalue weighted by atomic mass is 16.7. The minimum absolute atomic E-state index is 0.228. The number of ether oxygens (including phenoxy) is 4. The highest BCUT2D eigenvalue weighted by Crippen LogP contribution is 2.43. The van der Waals surface area contributed by atoms with Crippen LogP contribution in [0.15, 0.2) is 66.8 Å². The lowest BCUT2D eigenvalue weighted by atomic mass is 9.98. The van der Waals surface area contributed by atoms with E-state index in [4.69, 9.17) is 18.9 Å². The Bertz CT molecular complexity index is 1240. The maximum atomic E-state index is 12.6. The number of aryl methyl sites for hydroxylation is 1. The van der Waals surface area contributed by atoms with Crippen molar-refractivity contribution < 1.29 is 28.5 Å². The molecule has 0 saturated carbocycles.